The number of hydrogen-bond donors (Lipinski definition) is 2. The average molecular weight is 365 g/mol. The van der Waals surface area contributed by atoms with E-state index in [9.17, 15) is 0 Å². The van der Waals surface area contributed by atoms with Gasteiger partial charge in [-0.1, -0.05) is 42.5 Å². The fraction of sp³-hybridized carbons (Fsp3) is 0.100. The summed E-state index contributed by atoms with van der Waals surface area (Å²) in [5, 5.41) is 9.98. The van der Waals surface area contributed by atoms with Crippen molar-refractivity contribution in [1.29, 1.82) is 0 Å². The molecule has 0 amide bonds. The fourth-order valence-electron chi connectivity index (χ4n) is 2.60. The van der Waals surface area contributed by atoms with E-state index in [0.29, 0.717) is 16.6 Å². The molecule has 26 heavy (non-hydrogen) atoms. The molecular formula is C20H19N3O2S. The normalized spacial score (nSPS) is 10.7. The SMILES string of the molecule is COc1ccc(NC(=S)NN=Cc2cccc3ccccc23)cc1OC. The van der Waals surface area contributed by atoms with E-state index in [2.05, 4.69) is 34.0 Å². The van der Waals surface area contributed by atoms with Crippen LogP contribution in [0, 0.1) is 0 Å². The molecule has 0 spiro atoms. The van der Waals surface area contributed by atoms with Crippen LogP contribution < -0.4 is 20.2 Å². The van der Waals surface area contributed by atoms with Crippen LogP contribution >= 0.6 is 12.2 Å². The molecule has 0 heterocycles. The molecule has 6 heteroatoms. The fourth-order valence-corrected chi connectivity index (χ4v) is 2.77. The zero-order valence-corrected chi connectivity index (χ0v) is 15.3. The first-order valence-electron chi connectivity index (χ1n) is 8.01. The molecule has 0 unspecified atom stereocenters. The van der Waals surface area contributed by atoms with Crippen molar-refractivity contribution in [2.24, 2.45) is 5.10 Å². The monoisotopic (exact) mass is 365 g/mol. The van der Waals surface area contributed by atoms with Crippen molar-refractivity contribution < 1.29 is 9.47 Å². The summed E-state index contributed by atoms with van der Waals surface area (Å²) in [6.07, 6.45) is 1.75. The van der Waals surface area contributed by atoms with Gasteiger partial charge in [0.25, 0.3) is 0 Å². The lowest BCUT2D eigenvalue weighted by Gasteiger charge is -2.11. The van der Waals surface area contributed by atoms with Gasteiger partial charge >= 0.3 is 0 Å². The molecule has 0 saturated carbocycles. The van der Waals surface area contributed by atoms with Crippen molar-refractivity contribution in [1.82, 2.24) is 5.43 Å². The minimum Gasteiger partial charge on any atom is -0.493 e. The van der Waals surface area contributed by atoms with Gasteiger partial charge in [-0.25, -0.2) is 0 Å². The number of rotatable bonds is 5. The smallest absolute Gasteiger partial charge is 0.191 e. The molecule has 0 aliphatic carbocycles. The van der Waals surface area contributed by atoms with Crippen LogP contribution in [-0.4, -0.2) is 25.5 Å². The summed E-state index contributed by atoms with van der Waals surface area (Å²) >= 11 is 5.28. The lowest BCUT2D eigenvalue weighted by Crippen LogP contribution is -2.23. The van der Waals surface area contributed by atoms with E-state index in [4.69, 9.17) is 21.7 Å². The Bertz CT molecular complexity index is 951. The molecule has 132 valence electrons. The Morgan fingerprint density at radius 1 is 0.962 bits per heavy atom. The van der Waals surface area contributed by atoms with Gasteiger partial charge in [0.1, 0.15) is 0 Å². The van der Waals surface area contributed by atoms with E-state index in [-0.39, 0.29) is 0 Å². The minimum atomic E-state index is 0.383. The van der Waals surface area contributed by atoms with E-state index in [1.54, 1.807) is 26.5 Å². The molecule has 3 aromatic rings. The van der Waals surface area contributed by atoms with Crippen LogP contribution in [0.25, 0.3) is 10.8 Å². The molecule has 0 aliphatic heterocycles. The molecule has 0 aliphatic rings. The van der Waals surface area contributed by atoms with Gasteiger partial charge in [0.2, 0.25) is 0 Å². The maximum atomic E-state index is 5.28. The van der Waals surface area contributed by atoms with Crippen LogP contribution in [0.5, 0.6) is 11.5 Å². The van der Waals surface area contributed by atoms with Gasteiger partial charge in [-0.15, -0.1) is 0 Å². The van der Waals surface area contributed by atoms with Gasteiger partial charge in [-0.3, -0.25) is 5.43 Å². The summed E-state index contributed by atoms with van der Waals surface area (Å²) in [6.45, 7) is 0. The number of fused-ring (bicyclic) bond motifs is 1. The third-order valence-electron chi connectivity index (χ3n) is 3.83. The Morgan fingerprint density at radius 3 is 2.54 bits per heavy atom. The Balaban J connectivity index is 1.66. The maximum Gasteiger partial charge on any atom is 0.191 e. The first kappa shape index (κ1) is 17.7. The van der Waals surface area contributed by atoms with E-state index < -0.39 is 0 Å². The van der Waals surface area contributed by atoms with Crippen LogP contribution in [0.2, 0.25) is 0 Å². The predicted molar refractivity (Wildman–Crippen MR) is 110 cm³/mol. The van der Waals surface area contributed by atoms with Crippen molar-refractivity contribution in [3.63, 3.8) is 0 Å². The van der Waals surface area contributed by atoms with Crippen molar-refractivity contribution in [2.45, 2.75) is 0 Å². The van der Waals surface area contributed by atoms with Crippen LogP contribution in [0.1, 0.15) is 5.56 Å². The van der Waals surface area contributed by atoms with Crippen molar-refractivity contribution in [3.8, 4) is 11.5 Å². The number of ether oxygens (including phenoxy) is 2. The highest BCUT2D eigenvalue weighted by molar-refractivity contribution is 7.80. The summed E-state index contributed by atoms with van der Waals surface area (Å²) in [6, 6.07) is 19.7. The number of nitrogens with one attached hydrogen (secondary N) is 2. The Hall–Kier alpha value is -3.12. The van der Waals surface area contributed by atoms with Crippen LogP contribution in [-0.2, 0) is 0 Å². The highest BCUT2D eigenvalue weighted by Gasteiger charge is 2.05. The minimum absolute atomic E-state index is 0.383. The molecule has 3 rings (SSSR count). The van der Waals surface area contributed by atoms with Crippen LogP contribution in [0.3, 0.4) is 0 Å². The third kappa shape index (κ3) is 4.10. The summed E-state index contributed by atoms with van der Waals surface area (Å²) in [5.74, 6) is 1.28. The second kappa shape index (κ2) is 8.31. The second-order valence-electron chi connectivity index (χ2n) is 5.46. The summed E-state index contributed by atoms with van der Waals surface area (Å²) in [7, 11) is 3.19. The molecule has 0 fully saturated rings. The predicted octanol–water partition coefficient (Wildman–Crippen LogP) is 4.18. The molecule has 0 atom stereocenters. The summed E-state index contributed by atoms with van der Waals surface area (Å²) < 4.78 is 10.5. The molecule has 0 bridgehead atoms. The van der Waals surface area contributed by atoms with Crippen molar-refractivity contribution in [2.75, 3.05) is 19.5 Å². The van der Waals surface area contributed by atoms with Gasteiger partial charge in [0, 0.05) is 17.3 Å². The van der Waals surface area contributed by atoms with Crippen LogP contribution in [0.15, 0.2) is 65.8 Å². The quantitative estimate of drug-likeness (QED) is 0.404. The van der Waals surface area contributed by atoms with E-state index in [0.717, 1.165) is 16.6 Å². The van der Waals surface area contributed by atoms with Gasteiger partial charge in [-0.05, 0) is 35.1 Å². The summed E-state index contributed by atoms with van der Waals surface area (Å²) in [4.78, 5) is 0. The average Bonchev–Trinajstić information content (AvgIpc) is 2.68. The Kier molecular flexibility index (Phi) is 5.66. The number of anilines is 1. The molecule has 0 saturated heterocycles. The zero-order chi connectivity index (χ0) is 18.4. The molecule has 0 aromatic heterocycles. The molecule has 5 nitrogen and oxygen atoms in total. The lowest BCUT2D eigenvalue weighted by molar-refractivity contribution is 0.355. The number of thiocarbonyl (C=S) groups is 1. The van der Waals surface area contributed by atoms with Gasteiger partial charge < -0.3 is 14.8 Å². The summed E-state index contributed by atoms with van der Waals surface area (Å²) in [5.41, 5.74) is 4.62. The first-order valence-corrected chi connectivity index (χ1v) is 8.42. The number of hydrazone groups is 1. The molecule has 0 radical (unpaired) electrons. The highest BCUT2D eigenvalue weighted by Crippen LogP contribution is 2.29. The number of benzene rings is 3. The van der Waals surface area contributed by atoms with Crippen molar-refractivity contribution >= 4 is 40.0 Å². The lowest BCUT2D eigenvalue weighted by atomic mass is 10.1. The number of hydrogen-bond acceptors (Lipinski definition) is 4. The second-order valence-corrected chi connectivity index (χ2v) is 5.87. The standard InChI is InChI=1S/C20H19N3O2S/c1-24-18-11-10-16(12-19(18)25-2)22-20(26)23-21-13-15-8-5-7-14-6-3-4-9-17(14)15/h3-13H,1-2H3,(H2,22,23,26). The van der Waals surface area contributed by atoms with Gasteiger partial charge in [0.05, 0.1) is 20.4 Å². The Morgan fingerprint density at radius 2 is 1.73 bits per heavy atom. The topological polar surface area (TPSA) is 54.9 Å². The Labute approximate surface area is 157 Å². The van der Waals surface area contributed by atoms with E-state index in [1.807, 2.05) is 36.4 Å². The maximum absolute atomic E-state index is 5.28. The molecular weight excluding hydrogens is 346 g/mol. The number of methoxy groups -OCH3 is 2. The third-order valence-corrected chi connectivity index (χ3v) is 4.03. The van der Waals surface area contributed by atoms with E-state index >= 15 is 0 Å². The zero-order valence-electron chi connectivity index (χ0n) is 14.5. The van der Waals surface area contributed by atoms with Crippen molar-refractivity contribution in [3.05, 3.63) is 66.2 Å². The first-order chi connectivity index (χ1) is 12.7. The highest BCUT2D eigenvalue weighted by atomic mass is 32.1. The largest absolute Gasteiger partial charge is 0.493 e. The van der Waals surface area contributed by atoms with Gasteiger partial charge in [-0.2, -0.15) is 5.10 Å². The number of nitrogens with zero attached hydrogens (tertiary/aromatic N) is 1. The van der Waals surface area contributed by atoms with E-state index in [1.165, 1.54) is 5.39 Å². The molecule has 2 N–H and O–H groups in total. The van der Waals surface area contributed by atoms with Gasteiger partial charge in [0.15, 0.2) is 16.6 Å². The molecule has 3 aromatic carbocycles. The van der Waals surface area contributed by atoms with Crippen LogP contribution in [0.4, 0.5) is 5.69 Å².